The Labute approximate surface area is 120 Å². The van der Waals surface area contributed by atoms with Gasteiger partial charge < -0.3 is 5.32 Å². The van der Waals surface area contributed by atoms with Gasteiger partial charge in [0.1, 0.15) is 6.07 Å². The molecule has 94 valence electrons. The molecule has 0 aromatic heterocycles. The molecule has 0 heterocycles. The van der Waals surface area contributed by atoms with Crippen molar-refractivity contribution in [1.29, 1.82) is 5.26 Å². The van der Waals surface area contributed by atoms with E-state index in [1.165, 1.54) is 6.92 Å². The third kappa shape index (κ3) is 3.21. The van der Waals surface area contributed by atoms with Crippen LogP contribution in [0.15, 0.2) is 46.9 Å². The summed E-state index contributed by atoms with van der Waals surface area (Å²) in [5.74, 6) is 0.0340. The average molecular weight is 315 g/mol. The number of anilines is 2. The highest BCUT2D eigenvalue weighted by Gasteiger charge is 2.04. The highest BCUT2D eigenvalue weighted by atomic mass is 79.9. The van der Waals surface area contributed by atoms with Crippen LogP contribution >= 0.6 is 15.9 Å². The van der Waals surface area contributed by atoms with Crippen molar-refractivity contribution in [1.82, 2.24) is 0 Å². The minimum atomic E-state index is 0.0340. The van der Waals surface area contributed by atoms with Crippen LogP contribution in [-0.2, 0) is 0 Å². The van der Waals surface area contributed by atoms with E-state index in [9.17, 15) is 4.79 Å². The number of Topliss-reactive ketones (excluding diaryl/α,β-unsaturated/α-hetero) is 1. The number of benzene rings is 2. The summed E-state index contributed by atoms with van der Waals surface area (Å²) in [5, 5.41) is 12.2. The van der Waals surface area contributed by atoms with Gasteiger partial charge in [0.2, 0.25) is 0 Å². The largest absolute Gasteiger partial charge is 0.354 e. The molecular formula is C15H11BrN2O. The fraction of sp³-hybridized carbons (Fsp3) is 0.0667. The summed E-state index contributed by atoms with van der Waals surface area (Å²) >= 11 is 3.38. The first kappa shape index (κ1) is 13.3. The summed E-state index contributed by atoms with van der Waals surface area (Å²) in [6, 6.07) is 14.7. The van der Waals surface area contributed by atoms with E-state index in [1.54, 1.807) is 18.2 Å². The molecule has 1 N–H and O–H groups in total. The molecule has 0 spiro atoms. The number of carbonyl (C=O) groups is 1. The van der Waals surface area contributed by atoms with Crippen molar-refractivity contribution >= 4 is 33.1 Å². The SMILES string of the molecule is CC(=O)c1ccc(Nc2cc(Br)ccc2C#N)cc1. The molecule has 0 unspecified atom stereocenters. The van der Waals surface area contributed by atoms with Gasteiger partial charge in [-0.1, -0.05) is 15.9 Å². The first-order valence-corrected chi connectivity index (χ1v) is 6.47. The molecule has 2 aromatic rings. The maximum Gasteiger partial charge on any atom is 0.159 e. The van der Waals surface area contributed by atoms with E-state index < -0.39 is 0 Å². The quantitative estimate of drug-likeness (QED) is 0.861. The highest BCUT2D eigenvalue weighted by molar-refractivity contribution is 9.10. The molecule has 0 amide bonds. The van der Waals surface area contributed by atoms with E-state index in [1.807, 2.05) is 24.3 Å². The number of hydrogen-bond acceptors (Lipinski definition) is 3. The lowest BCUT2D eigenvalue weighted by atomic mass is 10.1. The second kappa shape index (κ2) is 5.68. The molecule has 0 bridgehead atoms. The van der Waals surface area contributed by atoms with E-state index in [4.69, 9.17) is 5.26 Å². The van der Waals surface area contributed by atoms with Gasteiger partial charge in [-0.05, 0) is 49.4 Å². The molecule has 0 aliphatic heterocycles. The Balaban J connectivity index is 2.28. The number of ketones is 1. The third-order valence-electron chi connectivity index (χ3n) is 2.67. The van der Waals surface area contributed by atoms with E-state index in [0.717, 1.165) is 15.8 Å². The fourth-order valence-electron chi connectivity index (χ4n) is 1.66. The lowest BCUT2D eigenvalue weighted by Gasteiger charge is -2.09. The van der Waals surface area contributed by atoms with E-state index >= 15 is 0 Å². The lowest BCUT2D eigenvalue weighted by molar-refractivity contribution is 0.101. The van der Waals surface area contributed by atoms with E-state index in [0.29, 0.717) is 11.1 Å². The lowest BCUT2D eigenvalue weighted by Crippen LogP contribution is -1.95. The van der Waals surface area contributed by atoms with Crippen LogP contribution < -0.4 is 5.32 Å². The Bertz CT molecular complexity index is 657. The van der Waals surface area contributed by atoms with Crippen molar-refractivity contribution in [2.24, 2.45) is 0 Å². The smallest absolute Gasteiger partial charge is 0.159 e. The Morgan fingerprint density at radius 3 is 2.47 bits per heavy atom. The first-order chi connectivity index (χ1) is 9.10. The van der Waals surface area contributed by atoms with Crippen LogP contribution in [0.1, 0.15) is 22.8 Å². The molecule has 0 saturated carbocycles. The molecule has 0 aliphatic carbocycles. The summed E-state index contributed by atoms with van der Waals surface area (Å²) in [6.07, 6.45) is 0. The predicted octanol–water partition coefficient (Wildman–Crippen LogP) is 4.27. The molecule has 4 heteroatoms. The van der Waals surface area contributed by atoms with Crippen molar-refractivity contribution < 1.29 is 4.79 Å². The maximum absolute atomic E-state index is 11.2. The number of nitriles is 1. The number of hydrogen-bond donors (Lipinski definition) is 1. The third-order valence-corrected chi connectivity index (χ3v) is 3.17. The minimum absolute atomic E-state index is 0.0340. The summed E-state index contributed by atoms with van der Waals surface area (Å²) < 4.78 is 0.898. The number of halogens is 1. The second-order valence-electron chi connectivity index (χ2n) is 4.06. The van der Waals surface area contributed by atoms with Gasteiger partial charge in [0, 0.05) is 15.7 Å². The standard InChI is InChI=1S/C15H11BrN2O/c1-10(19)11-3-6-14(7-4-11)18-15-8-13(16)5-2-12(15)9-17/h2-8,18H,1H3. The Kier molecular flexibility index (Phi) is 3.98. The average Bonchev–Trinajstić information content (AvgIpc) is 2.39. The summed E-state index contributed by atoms with van der Waals surface area (Å²) in [7, 11) is 0. The van der Waals surface area contributed by atoms with Gasteiger partial charge in [-0.25, -0.2) is 0 Å². The zero-order valence-corrected chi connectivity index (χ0v) is 11.9. The maximum atomic E-state index is 11.2. The first-order valence-electron chi connectivity index (χ1n) is 5.68. The number of nitrogens with one attached hydrogen (secondary N) is 1. The molecular weight excluding hydrogens is 304 g/mol. The number of nitrogens with zero attached hydrogens (tertiary/aromatic N) is 1. The van der Waals surface area contributed by atoms with Crippen LogP contribution in [0.4, 0.5) is 11.4 Å². The van der Waals surface area contributed by atoms with Gasteiger partial charge in [-0.2, -0.15) is 5.26 Å². The van der Waals surface area contributed by atoms with Crippen LogP contribution in [0.5, 0.6) is 0 Å². The summed E-state index contributed by atoms with van der Waals surface area (Å²) in [5.41, 5.74) is 2.80. The molecule has 19 heavy (non-hydrogen) atoms. The summed E-state index contributed by atoms with van der Waals surface area (Å²) in [6.45, 7) is 1.53. The van der Waals surface area contributed by atoms with Crippen LogP contribution in [0.3, 0.4) is 0 Å². The van der Waals surface area contributed by atoms with Crippen molar-refractivity contribution in [3.8, 4) is 6.07 Å². The minimum Gasteiger partial charge on any atom is -0.354 e. The normalized spacial score (nSPS) is 9.74. The molecule has 0 aliphatic rings. The number of carbonyl (C=O) groups excluding carboxylic acids is 1. The molecule has 2 aromatic carbocycles. The van der Waals surface area contributed by atoms with Crippen LogP contribution in [-0.4, -0.2) is 5.78 Å². The Morgan fingerprint density at radius 2 is 1.89 bits per heavy atom. The van der Waals surface area contributed by atoms with Crippen LogP contribution in [0.2, 0.25) is 0 Å². The van der Waals surface area contributed by atoms with Gasteiger partial charge in [-0.3, -0.25) is 4.79 Å². The monoisotopic (exact) mass is 314 g/mol. The molecule has 0 fully saturated rings. The highest BCUT2D eigenvalue weighted by Crippen LogP contribution is 2.24. The van der Waals surface area contributed by atoms with Gasteiger partial charge in [0.25, 0.3) is 0 Å². The second-order valence-corrected chi connectivity index (χ2v) is 4.98. The topological polar surface area (TPSA) is 52.9 Å². The molecule has 2 rings (SSSR count). The molecule has 3 nitrogen and oxygen atoms in total. The summed E-state index contributed by atoms with van der Waals surface area (Å²) in [4.78, 5) is 11.2. The zero-order valence-electron chi connectivity index (χ0n) is 10.3. The van der Waals surface area contributed by atoms with E-state index in [2.05, 4.69) is 27.3 Å². The van der Waals surface area contributed by atoms with Crippen molar-refractivity contribution in [2.75, 3.05) is 5.32 Å². The molecule has 0 radical (unpaired) electrons. The Hall–Kier alpha value is -2.12. The van der Waals surface area contributed by atoms with Crippen molar-refractivity contribution in [2.45, 2.75) is 6.92 Å². The number of rotatable bonds is 3. The van der Waals surface area contributed by atoms with Gasteiger partial charge in [0.15, 0.2) is 5.78 Å². The molecule has 0 saturated heterocycles. The van der Waals surface area contributed by atoms with Crippen LogP contribution in [0.25, 0.3) is 0 Å². The Morgan fingerprint density at radius 1 is 1.21 bits per heavy atom. The van der Waals surface area contributed by atoms with Crippen LogP contribution in [0, 0.1) is 11.3 Å². The van der Waals surface area contributed by atoms with E-state index in [-0.39, 0.29) is 5.78 Å². The van der Waals surface area contributed by atoms with Gasteiger partial charge in [-0.15, -0.1) is 0 Å². The van der Waals surface area contributed by atoms with Crippen molar-refractivity contribution in [3.63, 3.8) is 0 Å². The molecule has 0 atom stereocenters. The fourth-order valence-corrected chi connectivity index (χ4v) is 2.02. The van der Waals surface area contributed by atoms with Gasteiger partial charge in [0.05, 0.1) is 11.3 Å². The van der Waals surface area contributed by atoms with Crippen molar-refractivity contribution in [3.05, 3.63) is 58.1 Å². The zero-order chi connectivity index (χ0) is 13.8. The van der Waals surface area contributed by atoms with Gasteiger partial charge >= 0.3 is 0 Å². The predicted molar refractivity (Wildman–Crippen MR) is 78.6 cm³/mol.